The molecule has 0 saturated heterocycles. The molecule has 70 valence electrons. The highest BCUT2D eigenvalue weighted by Gasteiger charge is 2.37. The molecule has 13 heavy (non-hydrogen) atoms. The fourth-order valence-corrected chi connectivity index (χ4v) is 1.23. The zero-order valence-electron chi connectivity index (χ0n) is 8.09. The normalized spacial score (nSPS) is 18.3. The molecule has 1 heterocycles. The second-order valence-corrected chi connectivity index (χ2v) is 4.11. The van der Waals surface area contributed by atoms with Crippen LogP contribution < -0.4 is 11.1 Å². The molecule has 1 aliphatic carbocycles. The van der Waals surface area contributed by atoms with Gasteiger partial charge < -0.3 is 11.1 Å². The van der Waals surface area contributed by atoms with Crippen LogP contribution in [-0.4, -0.2) is 10.5 Å². The van der Waals surface area contributed by atoms with Crippen molar-refractivity contribution in [3.63, 3.8) is 0 Å². The summed E-state index contributed by atoms with van der Waals surface area (Å²) in [4.78, 5) is 4.27. The number of aryl methyl sites for hydroxylation is 1. The third kappa shape index (κ3) is 1.74. The van der Waals surface area contributed by atoms with Gasteiger partial charge in [-0.05, 0) is 32.3 Å². The van der Waals surface area contributed by atoms with Crippen molar-refractivity contribution in [2.24, 2.45) is 0 Å². The molecule has 0 aromatic carbocycles. The van der Waals surface area contributed by atoms with Gasteiger partial charge >= 0.3 is 0 Å². The van der Waals surface area contributed by atoms with Gasteiger partial charge in [-0.25, -0.2) is 4.98 Å². The third-order valence-corrected chi connectivity index (χ3v) is 2.57. The first-order chi connectivity index (χ1) is 6.09. The average Bonchev–Trinajstić information content (AvgIpc) is 2.76. The first kappa shape index (κ1) is 8.35. The molecule has 0 atom stereocenters. The Morgan fingerprint density at radius 2 is 2.23 bits per heavy atom. The standard InChI is InChI=1S/C10H15N3/c1-7-6-12-9(5-8(7)11)13-10(2)3-4-10/h5-6H,3-4H2,1-2H3,(H3,11,12,13). The maximum atomic E-state index is 5.78. The first-order valence-corrected chi connectivity index (χ1v) is 4.59. The molecule has 1 aromatic rings. The monoisotopic (exact) mass is 177 g/mol. The molecule has 1 aromatic heterocycles. The van der Waals surface area contributed by atoms with E-state index in [-0.39, 0.29) is 5.54 Å². The SMILES string of the molecule is Cc1cnc(NC2(C)CC2)cc1N. The van der Waals surface area contributed by atoms with E-state index >= 15 is 0 Å². The average molecular weight is 177 g/mol. The summed E-state index contributed by atoms with van der Waals surface area (Å²) in [5.74, 6) is 0.892. The molecular weight excluding hydrogens is 162 g/mol. The highest BCUT2D eigenvalue weighted by Crippen LogP contribution is 2.37. The lowest BCUT2D eigenvalue weighted by Gasteiger charge is -2.12. The predicted molar refractivity (Wildman–Crippen MR) is 54.6 cm³/mol. The number of rotatable bonds is 2. The highest BCUT2D eigenvalue weighted by atomic mass is 15.1. The molecule has 3 heteroatoms. The second kappa shape index (κ2) is 2.62. The number of nitrogens with two attached hydrogens (primary N) is 1. The minimum Gasteiger partial charge on any atom is -0.398 e. The van der Waals surface area contributed by atoms with Crippen LogP contribution in [0.5, 0.6) is 0 Å². The Hall–Kier alpha value is -1.25. The van der Waals surface area contributed by atoms with Crippen LogP contribution in [0.4, 0.5) is 11.5 Å². The predicted octanol–water partition coefficient (Wildman–Crippen LogP) is 1.94. The first-order valence-electron chi connectivity index (χ1n) is 4.59. The van der Waals surface area contributed by atoms with Crippen LogP contribution >= 0.6 is 0 Å². The number of hydrogen-bond donors (Lipinski definition) is 2. The lowest BCUT2D eigenvalue weighted by atomic mass is 10.2. The van der Waals surface area contributed by atoms with E-state index in [2.05, 4.69) is 17.2 Å². The second-order valence-electron chi connectivity index (χ2n) is 4.11. The molecular formula is C10H15N3. The molecule has 0 unspecified atom stereocenters. The molecule has 0 bridgehead atoms. The van der Waals surface area contributed by atoms with Gasteiger partial charge in [0.15, 0.2) is 0 Å². The Labute approximate surface area is 78.4 Å². The Morgan fingerprint density at radius 3 is 2.77 bits per heavy atom. The lowest BCUT2D eigenvalue weighted by molar-refractivity contribution is 0.821. The van der Waals surface area contributed by atoms with Crippen LogP contribution in [0, 0.1) is 6.92 Å². The van der Waals surface area contributed by atoms with Crippen LogP contribution in [0.1, 0.15) is 25.3 Å². The van der Waals surface area contributed by atoms with Crippen molar-refractivity contribution < 1.29 is 0 Å². The van der Waals surface area contributed by atoms with Gasteiger partial charge in [0.05, 0.1) is 0 Å². The zero-order valence-corrected chi connectivity index (χ0v) is 8.09. The molecule has 1 saturated carbocycles. The molecule has 0 aliphatic heterocycles. The molecule has 3 N–H and O–H groups in total. The van der Waals surface area contributed by atoms with Gasteiger partial charge in [-0.15, -0.1) is 0 Å². The van der Waals surface area contributed by atoms with Crippen molar-refractivity contribution in [2.75, 3.05) is 11.1 Å². The number of anilines is 2. The Bertz CT molecular complexity index is 329. The maximum Gasteiger partial charge on any atom is 0.128 e. The molecule has 2 rings (SSSR count). The van der Waals surface area contributed by atoms with E-state index in [9.17, 15) is 0 Å². The highest BCUT2D eigenvalue weighted by molar-refractivity contribution is 5.54. The van der Waals surface area contributed by atoms with Gasteiger partial charge in [0.1, 0.15) is 5.82 Å². The molecule has 0 amide bonds. The van der Waals surface area contributed by atoms with E-state index in [0.29, 0.717) is 0 Å². The number of nitrogens with zero attached hydrogens (tertiary/aromatic N) is 1. The summed E-state index contributed by atoms with van der Waals surface area (Å²) >= 11 is 0. The van der Waals surface area contributed by atoms with E-state index in [0.717, 1.165) is 17.1 Å². The van der Waals surface area contributed by atoms with Gasteiger partial charge in [0, 0.05) is 23.5 Å². The van der Waals surface area contributed by atoms with Crippen molar-refractivity contribution in [3.05, 3.63) is 17.8 Å². The van der Waals surface area contributed by atoms with E-state index < -0.39 is 0 Å². The third-order valence-electron chi connectivity index (χ3n) is 2.57. The minimum absolute atomic E-state index is 0.273. The van der Waals surface area contributed by atoms with E-state index in [1.165, 1.54) is 12.8 Å². The van der Waals surface area contributed by atoms with Gasteiger partial charge in [-0.1, -0.05) is 0 Å². The van der Waals surface area contributed by atoms with Gasteiger partial charge in [0.25, 0.3) is 0 Å². The summed E-state index contributed by atoms with van der Waals surface area (Å²) in [6, 6.07) is 1.90. The Kier molecular flexibility index (Phi) is 1.68. The van der Waals surface area contributed by atoms with Crippen LogP contribution in [0.2, 0.25) is 0 Å². The summed E-state index contributed by atoms with van der Waals surface area (Å²) in [5, 5.41) is 3.37. The van der Waals surface area contributed by atoms with Gasteiger partial charge in [-0.2, -0.15) is 0 Å². The minimum atomic E-state index is 0.273. The quantitative estimate of drug-likeness (QED) is 0.725. The molecule has 1 fully saturated rings. The topological polar surface area (TPSA) is 50.9 Å². The summed E-state index contributed by atoms with van der Waals surface area (Å²) in [6.07, 6.45) is 4.26. The number of pyridine rings is 1. The van der Waals surface area contributed by atoms with Crippen molar-refractivity contribution in [1.29, 1.82) is 0 Å². The Balaban J connectivity index is 2.17. The lowest BCUT2D eigenvalue weighted by Crippen LogP contribution is -2.17. The number of aromatic nitrogens is 1. The van der Waals surface area contributed by atoms with Crippen LogP contribution in [0.3, 0.4) is 0 Å². The van der Waals surface area contributed by atoms with E-state index in [4.69, 9.17) is 5.73 Å². The van der Waals surface area contributed by atoms with Crippen molar-refractivity contribution in [2.45, 2.75) is 32.2 Å². The smallest absolute Gasteiger partial charge is 0.128 e. The molecule has 0 radical (unpaired) electrons. The summed E-state index contributed by atoms with van der Waals surface area (Å²) in [6.45, 7) is 4.16. The summed E-state index contributed by atoms with van der Waals surface area (Å²) in [7, 11) is 0. The summed E-state index contributed by atoms with van der Waals surface area (Å²) < 4.78 is 0. The Morgan fingerprint density at radius 1 is 1.54 bits per heavy atom. The number of hydrogen-bond acceptors (Lipinski definition) is 3. The molecule has 3 nitrogen and oxygen atoms in total. The van der Waals surface area contributed by atoms with E-state index in [1.54, 1.807) is 0 Å². The molecule has 1 aliphatic rings. The van der Waals surface area contributed by atoms with Crippen LogP contribution in [0.15, 0.2) is 12.3 Å². The largest absolute Gasteiger partial charge is 0.398 e. The van der Waals surface area contributed by atoms with Crippen LogP contribution in [0.25, 0.3) is 0 Å². The van der Waals surface area contributed by atoms with Crippen molar-refractivity contribution in [3.8, 4) is 0 Å². The van der Waals surface area contributed by atoms with Gasteiger partial charge in [-0.3, -0.25) is 0 Å². The fourth-order valence-electron chi connectivity index (χ4n) is 1.23. The van der Waals surface area contributed by atoms with Crippen molar-refractivity contribution >= 4 is 11.5 Å². The number of nitrogens with one attached hydrogen (secondary N) is 1. The van der Waals surface area contributed by atoms with Crippen molar-refractivity contribution in [1.82, 2.24) is 4.98 Å². The van der Waals surface area contributed by atoms with E-state index in [1.807, 2.05) is 19.2 Å². The summed E-state index contributed by atoms with van der Waals surface area (Å²) in [5.41, 5.74) is 7.89. The fraction of sp³-hybridized carbons (Fsp3) is 0.500. The van der Waals surface area contributed by atoms with Gasteiger partial charge in [0.2, 0.25) is 0 Å². The zero-order chi connectivity index (χ0) is 9.47. The maximum absolute atomic E-state index is 5.78. The molecule has 0 spiro atoms. The van der Waals surface area contributed by atoms with Crippen LogP contribution in [-0.2, 0) is 0 Å². The number of nitrogen functional groups attached to an aromatic ring is 1.